The van der Waals surface area contributed by atoms with E-state index in [1.807, 2.05) is 7.05 Å². The maximum atomic E-state index is 11.2. The Morgan fingerprint density at radius 2 is 1.59 bits per heavy atom. The minimum absolute atomic E-state index is 0. The summed E-state index contributed by atoms with van der Waals surface area (Å²) in [5, 5.41) is 6.82. The van der Waals surface area contributed by atoms with Gasteiger partial charge in [-0.15, -0.1) is 24.0 Å². The van der Waals surface area contributed by atoms with Crippen molar-refractivity contribution >= 4 is 35.8 Å². The maximum absolute atomic E-state index is 11.2. The number of hydrogen-bond acceptors (Lipinski definition) is 4. The van der Waals surface area contributed by atoms with Gasteiger partial charge in [-0.05, 0) is 71.2 Å². The molecule has 0 atom stereocenters. The quantitative estimate of drug-likeness (QED) is 0.194. The predicted octanol–water partition coefficient (Wildman–Crippen LogP) is 1.23. The highest BCUT2D eigenvalue weighted by Gasteiger charge is 2.22. The second-order valence-electron chi connectivity index (χ2n) is 7.55. The average molecular weight is 494 g/mol. The summed E-state index contributed by atoms with van der Waals surface area (Å²) in [4.78, 5) is 20.5. The largest absolute Gasteiger partial charge is 0.369 e. The number of guanidine groups is 1. The molecule has 2 aliphatic heterocycles. The Bertz CT molecular complexity index is 434. The molecular weight excluding hydrogens is 455 g/mol. The summed E-state index contributed by atoms with van der Waals surface area (Å²) in [6.45, 7) is 8.59. The molecule has 4 N–H and O–H groups in total. The van der Waals surface area contributed by atoms with Gasteiger partial charge in [0, 0.05) is 32.6 Å². The van der Waals surface area contributed by atoms with E-state index in [9.17, 15) is 4.79 Å². The molecule has 0 bridgehead atoms. The van der Waals surface area contributed by atoms with Crippen LogP contribution in [0.3, 0.4) is 0 Å². The molecule has 0 aromatic heterocycles. The summed E-state index contributed by atoms with van der Waals surface area (Å²) in [5.74, 6) is 0.865. The van der Waals surface area contributed by atoms with Crippen LogP contribution >= 0.6 is 24.0 Å². The van der Waals surface area contributed by atoms with Crippen molar-refractivity contribution in [2.45, 2.75) is 44.9 Å². The standard InChI is InChI=1S/C19H38N6O.HI/c1-21-19(23-10-16-24-11-4-2-5-12-24)22-9-3-6-13-25-14-7-17(8-15-25)18(20)26;/h17H,2-16H2,1H3,(H2,20,26)(H2,21,22,23);1H. The van der Waals surface area contributed by atoms with Crippen LogP contribution in [0.2, 0.25) is 0 Å². The van der Waals surface area contributed by atoms with E-state index in [1.165, 1.54) is 38.8 Å². The first-order valence-electron chi connectivity index (χ1n) is 10.4. The lowest BCUT2D eigenvalue weighted by Gasteiger charge is -2.30. The van der Waals surface area contributed by atoms with Crippen LogP contribution in [-0.2, 0) is 4.79 Å². The third-order valence-corrected chi connectivity index (χ3v) is 5.58. The molecule has 0 aromatic rings. The third kappa shape index (κ3) is 9.94. The fourth-order valence-electron chi connectivity index (χ4n) is 3.84. The number of nitrogens with two attached hydrogens (primary N) is 1. The van der Waals surface area contributed by atoms with Gasteiger partial charge < -0.3 is 26.2 Å². The first-order valence-corrected chi connectivity index (χ1v) is 10.4. The zero-order valence-corrected chi connectivity index (χ0v) is 19.2. The van der Waals surface area contributed by atoms with Crippen LogP contribution < -0.4 is 16.4 Å². The minimum atomic E-state index is -0.131. The molecular formula is C19H39IN6O. The number of unbranched alkanes of at least 4 members (excludes halogenated alkanes) is 1. The summed E-state index contributed by atoms with van der Waals surface area (Å²) in [6.07, 6.45) is 8.20. The van der Waals surface area contributed by atoms with E-state index < -0.39 is 0 Å². The number of nitrogens with zero attached hydrogens (tertiary/aromatic N) is 3. The molecule has 1 amide bonds. The Morgan fingerprint density at radius 3 is 2.22 bits per heavy atom. The van der Waals surface area contributed by atoms with Crippen molar-refractivity contribution in [2.75, 3.05) is 59.4 Å². The van der Waals surface area contributed by atoms with Gasteiger partial charge in [0.1, 0.15) is 0 Å². The van der Waals surface area contributed by atoms with Crippen LogP contribution in [0.25, 0.3) is 0 Å². The number of amides is 1. The molecule has 0 saturated carbocycles. The average Bonchev–Trinajstić information content (AvgIpc) is 2.67. The Labute approximate surface area is 181 Å². The second-order valence-corrected chi connectivity index (χ2v) is 7.55. The number of hydrogen-bond donors (Lipinski definition) is 3. The fourth-order valence-corrected chi connectivity index (χ4v) is 3.84. The zero-order chi connectivity index (χ0) is 18.6. The molecule has 8 heteroatoms. The molecule has 2 saturated heterocycles. The van der Waals surface area contributed by atoms with Crippen molar-refractivity contribution < 1.29 is 4.79 Å². The molecule has 2 rings (SSSR count). The molecule has 27 heavy (non-hydrogen) atoms. The lowest BCUT2D eigenvalue weighted by Crippen LogP contribution is -2.43. The SMILES string of the molecule is CN=C(NCCCCN1CCC(C(N)=O)CC1)NCCN1CCCCC1.I. The van der Waals surface area contributed by atoms with Gasteiger partial charge in [-0.1, -0.05) is 6.42 Å². The molecule has 0 aliphatic carbocycles. The lowest BCUT2D eigenvalue weighted by molar-refractivity contribution is -0.123. The van der Waals surface area contributed by atoms with Crippen molar-refractivity contribution in [3.8, 4) is 0 Å². The Hall–Kier alpha value is -0.610. The zero-order valence-electron chi connectivity index (χ0n) is 16.9. The molecule has 0 spiro atoms. The molecule has 2 aliphatic rings. The monoisotopic (exact) mass is 494 g/mol. The number of carbonyl (C=O) groups is 1. The van der Waals surface area contributed by atoms with Gasteiger partial charge in [-0.3, -0.25) is 9.79 Å². The van der Waals surface area contributed by atoms with Crippen LogP contribution in [0.15, 0.2) is 4.99 Å². The molecule has 0 unspecified atom stereocenters. The highest BCUT2D eigenvalue weighted by molar-refractivity contribution is 14.0. The van der Waals surface area contributed by atoms with E-state index >= 15 is 0 Å². The number of piperidine rings is 2. The number of carbonyl (C=O) groups excluding carboxylic acids is 1. The highest BCUT2D eigenvalue weighted by Crippen LogP contribution is 2.16. The van der Waals surface area contributed by atoms with Gasteiger partial charge >= 0.3 is 0 Å². The number of likely N-dealkylation sites (tertiary alicyclic amines) is 2. The van der Waals surface area contributed by atoms with Gasteiger partial charge in [0.2, 0.25) is 5.91 Å². The van der Waals surface area contributed by atoms with Crippen LogP contribution in [0.5, 0.6) is 0 Å². The van der Waals surface area contributed by atoms with Crippen LogP contribution in [0, 0.1) is 5.92 Å². The second kappa shape index (κ2) is 14.4. The summed E-state index contributed by atoms with van der Waals surface area (Å²) < 4.78 is 0. The maximum Gasteiger partial charge on any atom is 0.220 e. The topological polar surface area (TPSA) is 86.0 Å². The number of aliphatic imine (C=N–C) groups is 1. The molecule has 0 radical (unpaired) electrons. The molecule has 2 heterocycles. The summed E-state index contributed by atoms with van der Waals surface area (Å²) in [6, 6.07) is 0. The van der Waals surface area contributed by atoms with Crippen LogP contribution in [-0.4, -0.2) is 81.1 Å². The first-order chi connectivity index (χ1) is 12.7. The van der Waals surface area contributed by atoms with E-state index in [1.54, 1.807) is 0 Å². The van der Waals surface area contributed by atoms with E-state index in [2.05, 4.69) is 25.4 Å². The van der Waals surface area contributed by atoms with Crippen LogP contribution in [0.1, 0.15) is 44.9 Å². The third-order valence-electron chi connectivity index (χ3n) is 5.58. The van der Waals surface area contributed by atoms with Gasteiger partial charge in [0.15, 0.2) is 5.96 Å². The minimum Gasteiger partial charge on any atom is -0.369 e. The van der Waals surface area contributed by atoms with E-state index in [4.69, 9.17) is 5.73 Å². The van der Waals surface area contributed by atoms with Crippen molar-refractivity contribution in [1.29, 1.82) is 0 Å². The number of primary amides is 1. The van der Waals surface area contributed by atoms with E-state index in [-0.39, 0.29) is 35.8 Å². The molecule has 158 valence electrons. The number of halogens is 1. The molecule has 0 aromatic carbocycles. The van der Waals surface area contributed by atoms with Gasteiger partial charge in [-0.2, -0.15) is 0 Å². The number of rotatable bonds is 9. The first kappa shape index (κ1) is 24.4. The Balaban J connectivity index is 0.00000364. The Morgan fingerprint density at radius 1 is 0.963 bits per heavy atom. The molecule has 2 fully saturated rings. The van der Waals surface area contributed by atoms with Crippen molar-refractivity contribution in [3.05, 3.63) is 0 Å². The van der Waals surface area contributed by atoms with Gasteiger partial charge in [0.25, 0.3) is 0 Å². The van der Waals surface area contributed by atoms with Crippen molar-refractivity contribution in [2.24, 2.45) is 16.6 Å². The molecule has 7 nitrogen and oxygen atoms in total. The fraction of sp³-hybridized carbons (Fsp3) is 0.895. The summed E-state index contributed by atoms with van der Waals surface area (Å²) in [7, 11) is 1.83. The highest BCUT2D eigenvalue weighted by atomic mass is 127. The smallest absolute Gasteiger partial charge is 0.220 e. The van der Waals surface area contributed by atoms with Crippen molar-refractivity contribution in [3.63, 3.8) is 0 Å². The van der Waals surface area contributed by atoms with E-state index in [0.717, 1.165) is 64.5 Å². The van der Waals surface area contributed by atoms with E-state index in [0.29, 0.717) is 0 Å². The lowest BCUT2D eigenvalue weighted by atomic mass is 9.96. The predicted molar refractivity (Wildman–Crippen MR) is 123 cm³/mol. The Kier molecular flexibility index (Phi) is 13.0. The normalized spacial score (nSPS) is 20.1. The van der Waals surface area contributed by atoms with Gasteiger partial charge in [-0.25, -0.2) is 0 Å². The number of nitrogens with one attached hydrogen (secondary N) is 2. The van der Waals surface area contributed by atoms with Crippen molar-refractivity contribution in [1.82, 2.24) is 20.4 Å². The van der Waals surface area contributed by atoms with Gasteiger partial charge in [0.05, 0.1) is 0 Å². The summed E-state index contributed by atoms with van der Waals surface area (Å²) in [5.41, 5.74) is 5.39. The van der Waals surface area contributed by atoms with Crippen LogP contribution in [0.4, 0.5) is 0 Å². The summed E-state index contributed by atoms with van der Waals surface area (Å²) >= 11 is 0.